The summed E-state index contributed by atoms with van der Waals surface area (Å²) in [6, 6.07) is -5.14. The number of unbranched alkanes of at least 4 members (excludes halogenated alkanes) is 1. The molecular formula is C35H79N8O23P3S2. The van der Waals surface area contributed by atoms with Crippen LogP contribution in [0.4, 0.5) is 0 Å². The molecule has 424 valence electrons. The molecule has 0 aromatic carbocycles. The molecule has 1 fully saturated rings. The first kappa shape index (κ1) is 76.8. The maximum atomic E-state index is 11.5. The van der Waals surface area contributed by atoms with E-state index < -0.39 is 120 Å². The minimum Gasteiger partial charge on any atom is -0.480 e. The number of rotatable bonds is 27. The van der Waals surface area contributed by atoms with Crippen LogP contribution in [0.15, 0.2) is 0 Å². The van der Waals surface area contributed by atoms with Gasteiger partial charge >= 0.3 is 51.0 Å². The molecule has 1 aliphatic carbocycles. The minimum atomic E-state index is -4.10. The van der Waals surface area contributed by atoms with Gasteiger partial charge in [-0.05, 0) is 76.5 Å². The topological polar surface area (TPSA) is 634 Å². The van der Waals surface area contributed by atoms with Crippen LogP contribution in [0.25, 0.3) is 0 Å². The van der Waals surface area contributed by atoms with Gasteiger partial charge in [-0.2, -0.15) is 0 Å². The normalized spacial score (nSPS) is 19.8. The quantitative estimate of drug-likeness (QED) is 0.0398. The van der Waals surface area contributed by atoms with Crippen LogP contribution in [0.1, 0.15) is 84.0 Å². The van der Waals surface area contributed by atoms with Crippen molar-refractivity contribution in [2.24, 2.45) is 40.3 Å². The second kappa shape index (κ2) is 37.6. The van der Waals surface area contributed by atoms with Crippen LogP contribution < -0.4 is 34.4 Å². The minimum absolute atomic E-state index is 0.0421. The Labute approximate surface area is 412 Å². The molecule has 1 aliphatic rings. The van der Waals surface area contributed by atoms with Gasteiger partial charge in [0.25, 0.3) is 0 Å². The van der Waals surface area contributed by atoms with E-state index in [0.29, 0.717) is 25.0 Å². The molecule has 0 heterocycles. The van der Waals surface area contributed by atoms with Crippen molar-refractivity contribution in [1.29, 1.82) is 9.56 Å². The summed E-state index contributed by atoms with van der Waals surface area (Å²) in [5, 5.41) is 59.0. The van der Waals surface area contributed by atoms with Gasteiger partial charge in [0.15, 0.2) is 7.37 Å². The molecule has 1 rings (SSSR count). The van der Waals surface area contributed by atoms with Crippen LogP contribution in [0.5, 0.6) is 0 Å². The predicted octanol–water partition coefficient (Wildman–Crippen LogP) is -1.94. The predicted molar refractivity (Wildman–Crippen MR) is 261 cm³/mol. The first-order valence-electron chi connectivity index (χ1n) is 21.2. The Balaban J connectivity index is -0.000000246. The molecule has 31 nitrogen and oxygen atoms in total. The van der Waals surface area contributed by atoms with E-state index in [1.165, 1.54) is 12.9 Å². The van der Waals surface area contributed by atoms with Crippen molar-refractivity contribution in [1.82, 2.24) is 0 Å². The van der Waals surface area contributed by atoms with Crippen LogP contribution >= 0.6 is 22.6 Å². The zero-order valence-corrected chi connectivity index (χ0v) is 44.2. The number of nitrogens with one attached hydrogen (secondary N) is 2. The Hall–Kier alpha value is -3.07. The molecule has 0 aromatic heterocycles. The van der Waals surface area contributed by atoms with Gasteiger partial charge in [-0.1, -0.05) is 13.3 Å². The van der Waals surface area contributed by atoms with Gasteiger partial charge < -0.3 is 94.6 Å². The highest BCUT2D eigenvalue weighted by atomic mass is 32.2. The van der Waals surface area contributed by atoms with Crippen molar-refractivity contribution in [3.63, 3.8) is 0 Å². The summed E-state index contributed by atoms with van der Waals surface area (Å²) in [7, 11) is -16.3. The van der Waals surface area contributed by atoms with Gasteiger partial charge in [0.1, 0.15) is 35.7 Å². The van der Waals surface area contributed by atoms with Crippen molar-refractivity contribution < 1.29 is 111 Å². The summed E-state index contributed by atoms with van der Waals surface area (Å²) in [5.74, 6) is -6.09. The van der Waals surface area contributed by atoms with Crippen molar-refractivity contribution in [3.05, 3.63) is 0 Å². The lowest BCUT2D eigenvalue weighted by atomic mass is 9.98. The van der Waals surface area contributed by atoms with Gasteiger partial charge in [0.05, 0.1) is 6.16 Å². The Morgan fingerprint density at radius 1 is 0.606 bits per heavy atom. The molecule has 36 heteroatoms. The lowest BCUT2D eigenvalue weighted by molar-refractivity contribution is -0.143. The number of carbonyl (C=O) groups is 6. The zero-order valence-electron chi connectivity index (χ0n) is 39.9. The van der Waals surface area contributed by atoms with Crippen LogP contribution in [0, 0.1) is 15.5 Å². The number of aliphatic carboxylic acids is 6. The second-order valence-electron chi connectivity index (χ2n) is 16.5. The number of hydrogen-bond acceptors (Lipinski definition) is 20. The van der Waals surface area contributed by atoms with Crippen molar-refractivity contribution in [2.75, 3.05) is 55.3 Å². The fourth-order valence-corrected chi connectivity index (χ4v) is 9.00. The highest BCUT2D eigenvalue weighted by Crippen LogP contribution is 2.37. The van der Waals surface area contributed by atoms with E-state index in [4.69, 9.17) is 104 Å². The monoisotopic (exact) mass is 1140 g/mol. The van der Waals surface area contributed by atoms with Crippen LogP contribution in [-0.4, -0.2) is 195 Å². The molecule has 0 saturated heterocycles. The summed E-state index contributed by atoms with van der Waals surface area (Å²) in [4.78, 5) is 104. The van der Waals surface area contributed by atoms with Crippen molar-refractivity contribution >= 4 is 77.8 Å². The first-order valence-corrected chi connectivity index (χ1v) is 31.1. The van der Waals surface area contributed by atoms with Gasteiger partial charge in [0, 0.05) is 68.6 Å². The van der Waals surface area contributed by atoms with E-state index in [1.807, 2.05) is 6.92 Å². The molecule has 1 saturated carbocycles. The Kier molecular flexibility index (Phi) is 40.7. The lowest BCUT2D eigenvalue weighted by Gasteiger charge is -2.17. The van der Waals surface area contributed by atoms with Crippen LogP contribution in [0.3, 0.4) is 0 Å². The third-order valence-electron chi connectivity index (χ3n) is 9.11. The maximum Gasteiger partial charge on any atom is 0.325 e. The van der Waals surface area contributed by atoms with E-state index in [-0.39, 0.29) is 74.9 Å². The molecule has 8 unspecified atom stereocenters. The van der Waals surface area contributed by atoms with Gasteiger partial charge in [0.2, 0.25) is 0 Å². The third kappa shape index (κ3) is 53.1. The molecule has 26 N–H and O–H groups in total. The van der Waals surface area contributed by atoms with Crippen LogP contribution in [-0.2, 0) is 61.9 Å². The Morgan fingerprint density at radius 3 is 1.24 bits per heavy atom. The summed E-state index contributed by atoms with van der Waals surface area (Å²) in [5.41, 5.74) is 30.1. The summed E-state index contributed by atoms with van der Waals surface area (Å²) < 4.78 is 67.8. The highest BCUT2D eigenvalue weighted by Gasteiger charge is 2.41. The molecular weight excluding hydrogens is 1060 g/mol. The SMILES string of the molecule is CCCCS(=N)(=O)CCC(N)C(=O)O.CP(=O)(O)CCCC(N)C(=O)O.CS(=N)(=O)CCC(N)C(=O)O.NC(CCCP(=O)(O)O)C(=O)O.NC(CCP(=O)(O)O)C(=O)O.N[C@@]1(C(=O)O)CC[C@@H](CO)C1. The van der Waals surface area contributed by atoms with Crippen molar-refractivity contribution in [3.8, 4) is 0 Å². The van der Waals surface area contributed by atoms with Gasteiger partial charge in [-0.15, -0.1) is 0 Å². The maximum absolute atomic E-state index is 11.5. The molecule has 71 heavy (non-hydrogen) atoms. The van der Waals surface area contributed by atoms with E-state index in [9.17, 15) is 50.9 Å². The second-order valence-corrected chi connectivity index (χ2v) is 27.4. The Bertz CT molecular complexity index is 1950. The molecule has 0 radical (unpaired) electrons. The van der Waals surface area contributed by atoms with E-state index in [2.05, 4.69) is 0 Å². The molecule has 0 aromatic rings. The fraction of sp³-hybridized carbons (Fsp3) is 0.829. The summed E-state index contributed by atoms with van der Waals surface area (Å²) >= 11 is 0. The number of hydrogen-bond donors (Lipinski definition) is 20. The number of aliphatic hydroxyl groups is 1. The average Bonchev–Trinajstić information content (AvgIpc) is 3.62. The van der Waals surface area contributed by atoms with E-state index >= 15 is 0 Å². The molecule has 10 atom stereocenters. The number of carboxylic acids is 6. The average molecular weight is 1140 g/mol. The summed E-state index contributed by atoms with van der Waals surface area (Å²) in [6.45, 7) is 3.25. The largest absolute Gasteiger partial charge is 0.480 e. The molecule has 0 aliphatic heterocycles. The molecule has 0 bridgehead atoms. The number of aliphatic hydroxyl groups excluding tert-OH is 1. The standard InChI is InChI=1S/C8H18N2O3S.C7H13NO3.C6H14NO4P.C5H12N2O3S.C5H12NO5P.C4H10NO5P/c1-2-3-5-14(10,13)6-4-7(9)8(11)12;8-7(6(10)11)2-1-5(3-7)4-9;1-12(10,11)4-2-3-5(7)6(8)9;1-11(7,10)3-2-4(6)5(8)9;6-4(5(7)8)2-1-3-12(9,10)11;5-3(4(6)7)1-2-11(8,9)10/h7,10H,2-6,9H2,1H3,(H,11,12);5,9H,1-4,8H2,(H,10,11);5H,2-4,7H2,1H3,(H,8,9)(H,10,11);4,7H,2-3,6H2,1H3,(H,8,9);4H,1-3,6H2,(H,7,8)(H2,9,10,11);3H,1-2,5H2,(H,6,7)(H2,8,9,10)/t;5-,7+;;;;/m.1..../s1. The smallest absolute Gasteiger partial charge is 0.325 e. The van der Waals surface area contributed by atoms with E-state index in [1.54, 1.807) is 0 Å². The highest BCUT2D eigenvalue weighted by molar-refractivity contribution is 7.92. The summed E-state index contributed by atoms with van der Waals surface area (Å²) in [6.07, 6.45) is 4.65. The third-order valence-corrected chi connectivity index (χ3v) is 14.9. The molecule has 0 spiro atoms. The fourth-order valence-electron chi connectivity index (χ4n) is 4.73. The van der Waals surface area contributed by atoms with E-state index in [0.717, 1.165) is 19.3 Å². The van der Waals surface area contributed by atoms with Gasteiger partial charge in [-0.25, -0.2) is 4.21 Å². The first-order chi connectivity index (χ1) is 31.8. The van der Waals surface area contributed by atoms with Gasteiger partial charge in [-0.3, -0.25) is 56.2 Å². The lowest BCUT2D eigenvalue weighted by Crippen LogP contribution is -2.45. The Morgan fingerprint density at radius 2 is 0.958 bits per heavy atom. The van der Waals surface area contributed by atoms with Crippen molar-refractivity contribution in [2.45, 2.75) is 120 Å². The zero-order chi connectivity index (χ0) is 57.4. The number of carboxylic acid groups (broad SMARTS) is 6. The van der Waals surface area contributed by atoms with Crippen LogP contribution in [0.2, 0.25) is 0 Å². The number of nitrogens with two attached hydrogens (primary N) is 6. The molecule has 0 amide bonds.